The Bertz CT molecular complexity index is 434. The van der Waals surface area contributed by atoms with E-state index in [9.17, 15) is 9.90 Å². The van der Waals surface area contributed by atoms with Gasteiger partial charge in [0.25, 0.3) is 0 Å². The topological polar surface area (TPSA) is 58.6 Å². The van der Waals surface area contributed by atoms with Crippen LogP contribution in [-0.2, 0) is 15.1 Å². The molecule has 1 amide bonds. The van der Waals surface area contributed by atoms with Crippen molar-refractivity contribution in [1.82, 2.24) is 5.32 Å². The van der Waals surface area contributed by atoms with Gasteiger partial charge in [-0.1, -0.05) is 37.3 Å². The smallest absolute Gasteiger partial charge is 0.250 e. The number of hydrogen-bond donors (Lipinski definition) is 2. The molecule has 3 unspecified atom stereocenters. The van der Waals surface area contributed by atoms with Crippen molar-refractivity contribution in [3.8, 4) is 0 Å². The number of nitrogens with one attached hydrogen (secondary N) is 1. The Labute approximate surface area is 113 Å². The number of carbonyl (C=O) groups excluding carboxylic acids is 1. The average Bonchev–Trinajstić information content (AvgIpc) is 2.86. The maximum atomic E-state index is 12.3. The molecule has 2 rings (SSSR count). The van der Waals surface area contributed by atoms with Crippen LogP contribution < -0.4 is 5.32 Å². The lowest BCUT2D eigenvalue weighted by Gasteiger charge is -2.31. The average molecular weight is 263 g/mol. The highest BCUT2D eigenvalue weighted by molar-refractivity contribution is 5.82. The SMILES string of the molecule is CC1CCOC1C(=O)NC(C)(CO)c1ccccc1. The molecule has 0 aromatic heterocycles. The summed E-state index contributed by atoms with van der Waals surface area (Å²) in [6, 6.07) is 9.49. The Kier molecular flexibility index (Phi) is 4.22. The van der Waals surface area contributed by atoms with Gasteiger partial charge >= 0.3 is 0 Å². The zero-order chi connectivity index (χ0) is 13.9. The van der Waals surface area contributed by atoms with E-state index >= 15 is 0 Å². The molecule has 0 spiro atoms. The number of benzene rings is 1. The van der Waals surface area contributed by atoms with Crippen molar-refractivity contribution in [3.05, 3.63) is 35.9 Å². The number of rotatable bonds is 4. The third-order valence-electron chi connectivity index (χ3n) is 3.77. The van der Waals surface area contributed by atoms with E-state index in [1.54, 1.807) is 0 Å². The van der Waals surface area contributed by atoms with Gasteiger partial charge in [-0.3, -0.25) is 4.79 Å². The van der Waals surface area contributed by atoms with E-state index in [-0.39, 0.29) is 18.4 Å². The van der Waals surface area contributed by atoms with Crippen molar-refractivity contribution in [2.75, 3.05) is 13.2 Å². The molecule has 4 nitrogen and oxygen atoms in total. The summed E-state index contributed by atoms with van der Waals surface area (Å²) in [6.45, 7) is 4.31. The fraction of sp³-hybridized carbons (Fsp3) is 0.533. The summed E-state index contributed by atoms with van der Waals surface area (Å²) in [7, 11) is 0. The number of amides is 1. The molecule has 3 atom stereocenters. The lowest BCUT2D eigenvalue weighted by molar-refractivity contribution is -0.134. The molecule has 0 aliphatic carbocycles. The van der Waals surface area contributed by atoms with E-state index < -0.39 is 11.6 Å². The minimum Gasteiger partial charge on any atom is -0.394 e. The highest BCUT2D eigenvalue weighted by atomic mass is 16.5. The second-order valence-corrected chi connectivity index (χ2v) is 5.40. The quantitative estimate of drug-likeness (QED) is 0.864. The van der Waals surface area contributed by atoms with Crippen molar-refractivity contribution in [2.24, 2.45) is 5.92 Å². The molecule has 1 aromatic rings. The Morgan fingerprint density at radius 3 is 2.68 bits per heavy atom. The van der Waals surface area contributed by atoms with Crippen molar-refractivity contribution in [3.63, 3.8) is 0 Å². The number of hydrogen-bond acceptors (Lipinski definition) is 3. The molecule has 0 radical (unpaired) electrons. The van der Waals surface area contributed by atoms with Crippen LogP contribution in [0.25, 0.3) is 0 Å². The monoisotopic (exact) mass is 263 g/mol. The lowest BCUT2D eigenvalue weighted by Crippen LogP contribution is -2.50. The minimum atomic E-state index is -0.774. The van der Waals surface area contributed by atoms with Crippen LogP contribution in [0.4, 0.5) is 0 Å². The first-order valence-electron chi connectivity index (χ1n) is 6.67. The van der Waals surface area contributed by atoms with E-state index in [4.69, 9.17) is 4.74 Å². The maximum absolute atomic E-state index is 12.3. The van der Waals surface area contributed by atoms with Gasteiger partial charge in [0.15, 0.2) is 0 Å². The molecule has 1 aliphatic rings. The van der Waals surface area contributed by atoms with E-state index in [1.165, 1.54) is 0 Å². The summed E-state index contributed by atoms with van der Waals surface area (Å²) in [5.41, 5.74) is 0.112. The second-order valence-electron chi connectivity index (χ2n) is 5.40. The molecule has 2 N–H and O–H groups in total. The van der Waals surface area contributed by atoms with Crippen molar-refractivity contribution >= 4 is 5.91 Å². The second kappa shape index (κ2) is 5.72. The number of aliphatic hydroxyl groups excluding tert-OH is 1. The van der Waals surface area contributed by atoms with Crippen LogP contribution in [-0.4, -0.2) is 30.3 Å². The molecule has 1 saturated heterocycles. The Morgan fingerprint density at radius 2 is 2.16 bits per heavy atom. The van der Waals surface area contributed by atoms with E-state index in [2.05, 4.69) is 5.32 Å². The van der Waals surface area contributed by atoms with Crippen LogP contribution in [0.5, 0.6) is 0 Å². The third-order valence-corrected chi connectivity index (χ3v) is 3.77. The number of ether oxygens (including phenoxy) is 1. The largest absolute Gasteiger partial charge is 0.394 e. The van der Waals surface area contributed by atoms with Crippen molar-refractivity contribution in [2.45, 2.75) is 31.9 Å². The van der Waals surface area contributed by atoms with E-state index in [0.29, 0.717) is 6.61 Å². The molecule has 1 fully saturated rings. The summed E-state index contributed by atoms with van der Waals surface area (Å²) in [4.78, 5) is 12.3. The zero-order valence-electron chi connectivity index (χ0n) is 11.4. The predicted molar refractivity (Wildman–Crippen MR) is 72.5 cm³/mol. The molecule has 0 saturated carbocycles. The minimum absolute atomic E-state index is 0.148. The first kappa shape index (κ1) is 14.0. The van der Waals surface area contributed by atoms with Gasteiger partial charge < -0.3 is 15.2 Å². The summed E-state index contributed by atoms with van der Waals surface area (Å²) in [5.74, 6) is 0.0733. The molecule has 1 aliphatic heterocycles. The predicted octanol–water partition coefficient (Wildman–Crippen LogP) is 1.44. The fourth-order valence-electron chi connectivity index (χ4n) is 2.38. The van der Waals surface area contributed by atoms with Crippen LogP contribution in [0.15, 0.2) is 30.3 Å². The van der Waals surface area contributed by atoms with Crippen molar-refractivity contribution < 1.29 is 14.6 Å². The summed E-state index contributed by atoms with van der Waals surface area (Å²) < 4.78 is 5.46. The number of aliphatic hydroxyl groups is 1. The molecule has 1 heterocycles. The van der Waals surface area contributed by atoms with Crippen LogP contribution in [0, 0.1) is 5.92 Å². The van der Waals surface area contributed by atoms with Gasteiger partial charge in [0.2, 0.25) is 5.91 Å². The molecule has 19 heavy (non-hydrogen) atoms. The molecular formula is C15H21NO3. The highest BCUT2D eigenvalue weighted by Gasteiger charge is 2.35. The van der Waals surface area contributed by atoms with Gasteiger partial charge in [-0.25, -0.2) is 0 Å². The Hall–Kier alpha value is -1.39. The summed E-state index contributed by atoms with van der Waals surface area (Å²) in [5, 5.41) is 12.6. The van der Waals surface area contributed by atoms with Crippen LogP contribution in [0.1, 0.15) is 25.8 Å². The normalized spacial score (nSPS) is 25.8. The standard InChI is InChI=1S/C15H21NO3/c1-11-8-9-19-13(11)14(18)16-15(2,10-17)12-6-4-3-5-7-12/h3-7,11,13,17H,8-10H2,1-2H3,(H,16,18). The maximum Gasteiger partial charge on any atom is 0.250 e. The summed E-state index contributed by atoms with van der Waals surface area (Å²) >= 11 is 0. The van der Waals surface area contributed by atoms with Gasteiger partial charge in [0.05, 0.1) is 12.1 Å². The van der Waals surface area contributed by atoms with Crippen LogP contribution in [0.2, 0.25) is 0 Å². The van der Waals surface area contributed by atoms with Gasteiger partial charge in [-0.15, -0.1) is 0 Å². The van der Waals surface area contributed by atoms with Gasteiger partial charge in [-0.2, -0.15) is 0 Å². The first-order chi connectivity index (χ1) is 9.07. The van der Waals surface area contributed by atoms with E-state index in [1.807, 2.05) is 44.2 Å². The lowest BCUT2D eigenvalue weighted by atomic mass is 9.92. The van der Waals surface area contributed by atoms with Crippen molar-refractivity contribution in [1.29, 1.82) is 0 Å². The Morgan fingerprint density at radius 1 is 1.47 bits per heavy atom. The van der Waals surface area contributed by atoms with Gasteiger partial charge in [0, 0.05) is 6.61 Å². The van der Waals surface area contributed by atoms with Crippen LogP contribution >= 0.6 is 0 Å². The number of carbonyl (C=O) groups is 1. The molecule has 4 heteroatoms. The van der Waals surface area contributed by atoms with Gasteiger partial charge in [0.1, 0.15) is 6.10 Å². The Balaban J connectivity index is 2.12. The molecule has 0 bridgehead atoms. The summed E-state index contributed by atoms with van der Waals surface area (Å²) in [6.07, 6.45) is 0.494. The van der Waals surface area contributed by atoms with E-state index in [0.717, 1.165) is 12.0 Å². The fourth-order valence-corrected chi connectivity index (χ4v) is 2.38. The molecular weight excluding hydrogens is 242 g/mol. The molecule has 1 aromatic carbocycles. The highest BCUT2D eigenvalue weighted by Crippen LogP contribution is 2.24. The van der Waals surface area contributed by atoms with Gasteiger partial charge in [-0.05, 0) is 24.8 Å². The molecule has 104 valence electrons. The first-order valence-corrected chi connectivity index (χ1v) is 6.67. The zero-order valence-corrected chi connectivity index (χ0v) is 11.4. The van der Waals surface area contributed by atoms with Crippen LogP contribution in [0.3, 0.4) is 0 Å². The third kappa shape index (κ3) is 2.96.